The number of nitrogens with one attached hydrogen (secondary N) is 2. The second-order valence-electron chi connectivity index (χ2n) is 7.60. The lowest BCUT2D eigenvalue weighted by molar-refractivity contribution is 0.0657. The van der Waals surface area contributed by atoms with E-state index in [0.717, 1.165) is 29.2 Å². The molecule has 0 amide bonds. The number of aliphatic hydroxyl groups is 1. The van der Waals surface area contributed by atoms with Crippen LogP contribution in [-0.2, 0) is 12.6 Å². The van der Waals surface area contributed by atoms with Gasteiger partial charge in [0.05, 0.1) is 18.8 Å². The molecule has 0 fully saturated rings. The van der Waals surface area contributed by atoms with Crippen LogP contribution in [0.2, 0.25) is 0 Å². The Morgan fingerprint density at radius 1 is 1.38 bits per heavy atom. The molecule has 0 saturated carbocycles. The smallest absolute Gasteiger partial charge is 0.191 e. The molecule has 164 valence electrons. The fraction of sp³-hybridized carbons (Fsp3) is 0.600. The van der Waals surface area contributed by atoms with Crippen LogP contribution in [-0.4, -0.2) is 59.5 Å². The average Bonchev–Trinajstić information content (AvgIpc) is 3.18. The third kappa shape index (κ3) is 7.00. The van der Waals surface area contributed by atoms with E-state index >= 15 is 0 Å². The minimum Gasteiger partial charge on any atom is -0.466 e. The lowest BCUT2D eigenvalue weighted by Gasteiger charge is -2.25. The SMILES string of the molecule is CCNC(=NCC(C)(O)c1cc(C)oc1C)NCC(c1cnn(C)c1)N(C)C.I. The normalized spacial score (nSPS) is 15.0. The number of guanidine groups is 1. The van der Waals surface area contributed by atoms with Crippen molar-refractivity contribution in [1.29, 1.82) is 0 Å². The van der Waals surface area contributed by atoms with E-state index in [9.17, 15) is 5.11 Å². The maximum Gasteiger partial charge on any atom is 0.191 e. The van der Waals surface area contributed by atoms with Crippen LogP contribution in [0.25, 0.3) is 0 Å². The molecule has 0 aromatic carbocycles. The second-order valence-corrected chi connectivity index (χ2v) is 7.60. The molecule has 2 rings (SSSR count). The molecule has 0 aliphatic carbocycles. The molecule has 2 unspecified atom stereocenters. The number of nitrogens with zero attached hydrogens (tertiary/aromatic N) is 4. The van der Waals surface area contributed by atoms with Gasteiger partial charge in [0.2, 0.25) is 0 Å². The summed E-state index contributed by atoms with van der Waals surface area (Å²) in [6.07, 6.45) is 3.90. The van der Waals surface area contributed by atoms with Crippen molar-refractivity contribution in [3.63, 3.8) is 0 Å². The highest BCUT2D eigenvalue weighted by molar-refractivity contribution is 14.0. The second kappa shape index (κ2) is 11.0. The van der Waals surface area contributed by atoms with Crippen LogP contribution in [0.1, 0.15) is 42.5 Å². The lowest BCUT2D eigenvalue weighted by atomic mass is 9.96. The number of likely N-dealkylation sites (N-methyl/N-ethyl adjacent to an activating group) is 1. The molecule has 8 nitrogen and oxygen atoms in total. The Morgan fingerprint density at radius 2 is 2.07 bits per heavy atom. The lowest BCUT2D eigenvalue weighted by Crippen LogP contribution is -2.42. The van der Waals surface area contributed by atoms with Gasteiger partial charge in [-0.3, -0.25) is 4.68 Å². The van der Waals surface area contributed by atoms with Crippen molar-refractivity contribution < 1.29 is 9.52 Å². The Morgan fingerprint density at radius 3 is 2.55 bits per heavy atom. The molecule has 2 aromatic heterocycles. The Hall–Kier alpha value is -1.59. The molecule has 29 heavy (non-hydrogen) atoms. The highest BCUT2D eigenvalue weighted by atomic mass is 127. The summed E-state index contributed by atoms with van der Waals surface area (Å²) in [4.78, 5) is 6.75. The predicted octanol–water partition coefficient (Wildman–Crippen LogP) is 2.31. The number of furan rings is 1. The summed E-state index contributed by atoms with van der Waals surface area (Å²) in [5.74, 6) is 2.17. The molecule has 9 heteroatoms. The van der Waals surface area contributed by atoms with Gasteiger partial charge in [0.25, 0.3) is 0 Å². The van der Waals surface area contributed by atoms with E-state index in [0.29, 0.717) is 12.5 Å². The van der Waals surface area contributed by atoms with Crippen LogP contribution >= 0.6 is 24.0 Å². The first-order chi connectivity index (χ1) is 13.1. The van der Waals surface area contributed by atoms with E-state index in [1.165, 1.54) is 0 Å². The highest BCUT2D eigenvalue weighted by Crippen LogP contribution is 2.27. The molecule has 2 aromatic rings. The summed E-state index contributed by atoms with van der Waals surface area (Å²) >= 11 is 0. The standard InChI is InChI=1S/C20H34N6O2.HI/c1-8-21-19(22-11-18(25(5)6)16-10-24-26(7)12-16)23-13-20(4,27)17-9-14(2)28-15(17)3;/h9-10,12,18,27H,8,11,13H2,1-7H3,(H2,21,22,23);1H. The zero-order chi connectivity index (χ0) is 20.9. The first-order valence-electron chi connectivity index (χ1n) is 9.61. The van der Waals surface area contributed by atoms with E-state index in [-0.39, 0.29) is 36.6 Å². The molecule has 0 aliphatic heterocycles. The van der Waals surface area contributed by atoms with Gasteiger partial charge in [0, 0.05) is 37.5 Å². The van der Waals surface area contributed by atoms with Gasteiger partial charge in [-0.1, -0.05) is 0 Å². The van der Waals surface area contributed by atoms with Gasteiger partial charge in [-0.15, -0.1) is 24.0 Å². The number of aliphatic imine (C=N–C) groups is 1. The molecule has 2 atom stereocenters. The zero-order valence-corrected chi connectivity index (χ0v) is 20.8. The topological polar surface area (TPSA) is 90.9 Å². The van der Waals surface area contributed by atoms with Crippen LogP contribution in [0.3, 0.4) is 0 Å². The van der Waals surface area contributed by atoms with Gasteiger partial charge in [-0.25, -0.2) is 4.99 Å². The van der Waals surface area contributed by atoms with Crippen molar-refractivity contribution in [2.45, 2.75) is 39.3 Å². The van der Waals surface area contributed by atoms with Gasteiger partial charge >= 0.3 is 0 Å². The third-order valence-corrected chi connectivity index (χ3v) is 4.71. The van der Waals surface area contributed by atoms with Crippen LogP contribution in [0.4, 0.5) is 0 Å². The van der Waals surface area contributed by atoms with Crippen LogP contribution in [0, 0.1) is 13.8 Å². The number of aromatic nitrogens is 2. The van der Waals surface area contributed by atoms with Crippen LogP contribution in [0.5, 0.6) is 0 Å². The molecular formula is C20H35IN6O2. The Kier molecular flexibility index (Phi) is 9.63. The monoisotopic (exact) mass is 518 g/mol. The molecule has 3 N–H and O–H groups in total. The first kappa shape index (κ1) is 25.4. The predicted molar refractivity (Wildman–Crippen MR) is 127 cm³/mol. The Bertz CT molecular complexity index is 797. The number of hydrogen-bond acceptors (Lipinski definition) is 5. The van der Waals surface area contributed by atoms with E-state index in [4.69, 9.17) is 4.42 Å². The van der Waals surface area contributed by atoms with E-state index in [1.807, 2.05) is 60.4 Å². The average molecular weight is 518 g/mol. The Labute approximate surface area is 190 Å². The summed E-state index contributed by atoms with van der Waals surface area (Å²) in [6, 6.07) is 2.02. The van der Waals surface area contributed by atoms with Gasteiger partial charge < -0.3 is 25.1 Å². The van der Waals surface area contributed by atoms with Crippen LogP contribution < -0.4 is 10.6 Å². The van der Waals surface area contributed by atoms with E-state index in [2.05, 4.69) is 25.6 Å². The minimum atomic E-state index is -1.10. The molecule has 0 saturated heterocycles. The quantitative estimate of drug-likeness (QED) is 0.283. The molecule has 0 bridgehead atoms. The van der Waals surface area contributed by atoms with Crippen molar-refractivity contribution in [3.05, 3.63) is 41.1 Å². The van der Waals surface area contributed by atoms with Gasteiger partial charge in [-0.05, 0) is 47.9 Å². The summed E-state index contributed by atoms with van der Waals surface area (Å²) < 4.78 is 7.36. The molecule has 0 aliphatic rings. The van der Waals surface area contributed by atoms with Gasteiger partial charge in [-0.2, -0.15) is 5.10 Å². The van der Waals surface area contributed by atoms with Crippen molar-refractivity contribution in [3.8, 4) is 0 Å². The van der Waals surface area contributed by atoms with Crippen molar-refractivity contribution in [2.24, 2.45) is 12.0 Å². The summed E-state index contributed by atoms with van der Waals surface area (Å²) in [6.45, 7) is 9.13. The summed E-state index contributed by atoms with van der Waals surface area (Å²) in [5.41, 5.74) is 0.799. The maximum absolute atomic E-state index is 10.9. The van der Waals surface area contributed by atoms with Crippen molar-refractivity contribution in [2.75, 3.05) is 33.7 Å². The molecule has 2 heterocycles. The molecular weight excluding hydrogens is 483 g/mol. The first-order valence-corrected chi connectivity index (χ1v) is 9.61. The van der Waals surface area contributed by atoms with Gasteiger partial charge in [0.15, 0.2) is 5.96 Å². The van der Waals surface area contributed by atoms with E-state index in [1.54, 1.807) is 11.6 Å². The van der Waals surface area contributed by atoms with Gasteiger partial charge in [0.1, 0.15) is 17.1 Å². The Balaban J connectivity index is 0.00000420. The molecule has 0 radical (unpaired) electrons. The molecule has 0 spiro atoms. The number of aryl methyl sites for hydroxylation is 3. The number of halogens is 1. The summed E-state index contributed by atoms with van der Waals surface area (Å²) in [7, 11) is 5.99. The van der Waals surface area contributed by atoms with E-state index < -0.39 is 5.60 Å². The highest BCUT2D eigenvalue weighted by Gasteiger charge is 2.27. The van der Waals surface area contributed by atoms with Crippen molar-refractivity contribution >= 4 is 29.9 Å². The fourth-order valence-electron chi connectivity index (χ4n) is 3.23. The fourth-order valence-corrected chi connectivity index (χ4v) is 3.23. The summed E-state index contributed by atoms with van der Waals surface area (Å²) in [5, 5.41) is 21.8. The third-order valence-electron chi connectivity index (χ3n) is 4.71. The number of hydrogen-bond donors (Lipinski definition) is 3. The number of rotatable bonds is 8. The maximum atomic E-state index is 10.9. The van der Waals surface area contributed by atoms with Crippen molar-refractivity contribution in [1.82, 2.24) is 25.3 Å². The van der Waals surface area contributed by atoms with Crippen LogP contribution in [0.15, 0.2) is 27.9 Å². The zero-order valence-electron chi connectivity index (χ0n) is 18.5. The minimum absolute atomic E-state index is 0. The largest absolute Gasteiger partial charge is 0.466 e.